The normalized spacial score (nSPS) is 21.7. The van der Waals surface area contributed by atoms with Crippen molar-refractivity contribution in [2.45, 2.75) is 51.1 Å². The second-order valence-corrected chi connectivity index (χ2v) is 11.9. The predicted octanol–water partition coefficient (Wildman–Crippen LogP) is 5.60. The predicted molar refractivity (Wildman–Crippen MR) is 151 cm³/mol. The summed E-state index contributed by atoms with van der Waals surface area (Å²) in [5, 5.41) is 7.59. The van der Waals surface area contributed by atoms with Crippen LogP contribution in [0.3, 0.4) is 0 Å². The van der Waals surface area contributed by atoms with Crippen LogP contribution in [-0.2, 0) is 9.53 Å². The lowest BCUT2D eigenvalue weighted by Gasteiger charge is -2.38. The van der Waals surface area contributed by atoms with Crippen molar-refractivity contribution in [3.63, 3.8) is 0 Å². The lowest BCUT2D eigenvalue weighted by molar-refractivity contribution is -0.117. The number of pyridine rings is 1. The Balaban J connectivity index is 1.10. The third-order valence-electron chi connectivity index (χ3n) is 7.54. The molecule has 3 amide bonds. The molecule has 1 saturated carbocycles. The summed E-state index contributed by atoms with van der Waals surface area (Å²) in [6, 6.07) is 14.5. The van der Waals surface area contributed by atoms with Crippen LogP contribution in [0.15, 0.2) is 60.9 Å². The third kappa shape index (κ3) is 6.81. The maximum atomic E-state index is 14.8. The number of nitrogens with one attached hydrogen (secondary N) is 2. The Labute approximate surface area is 237 Å². The molecule has 8 nitrogen and oxygen atoms in total. The van der Waals surface area contributed by atoms with Crippen LogP contribution in [-0.4, -0.2) is 58.9 Å². The number of hydrogen-bond donors (Lipinski definition) is 2. The Morgan fingerprint density at radius 2 is 1.83 bits per heavy atom. The number of fused-ring (bicyclic) bond motifs is 1. The fourth-order valence-electron chi connectivity index (χ4n) is 5.17. The minimum absolute atomic E-state index is 0.0486. The molecule has 1 aromatic heterocycles. The zero-order valence-electron chi connectivity index (χ0n) is 23.3. The highest BCUT2D eigenvalue weighted by molar-refractivity contribution is 5.97. The highest BCUT2D eigenvalue weighted by Gasteiger charge is 2.47. The SMILES string of the molecule is CC(C)(C)OC(=O)N1CCC(CNC(=O)c2ccc([C@@H]3C[C@H]3C(=O)Nc3ccc4cnccc4c3)cc2)C(F)(F)C1. The van der Waals surface area contributed by atoms with Crippen molar-refractivity contribution in [3.8, 4) is 0 Å². The summed E-state index contributed by atoms with van der Waals surface area (Å²) in [7, 11) is 0. The number of alkyl halides is 2. The van der Waals surface area contributed by atoms with Gasteiger partial charge in [0.2, 0.25) is 5.91 Å². The van der Waals surface area contributed by atoms with E-state index in [1.54, 1.807) is 45.3 Å². The first-order chi connectivity index (χ1) is 19.4. The van der Waals surface area contributed by atoms with Crippen molar-refractivity contribution < 1.29 is 27.9 Å². The van der Waals surface area contributed by atoms with Gasteiger partial charge in [-0.2, -0.15) is 0 Å². The number of amides is 3. The van der Waals surface area contributed by atoms with Gasteiger partial charge in [-0.15, -0.1) is 0 Å². The van der Waals surface area contributed by atoms with Crippen molar-refractivity contribution >= 4 is 34.4 Å². The van der Waals surface area contributed by atoms with Gasteiger partial charge in [0.25, 0.3) is 11.8 Å². The van der Waals surface area contributed by atoms with Crippen molar-refractivity contribution in [2.24, 2.45) is 11.8 Å². The number of halogens is 2. The molecule has 0 radical (unpaired) electrons. The van der Waals surface area contributed by atoms with E-state index < -0.39 is 36.0 Å². The first-order valence-electron chi connectivity index (χ1n) is 13.8. The maximum Gasteiger partial charge on any atom is 0.410 e. The van der Waals surface area contributed by atoms with Gasteiger partial charge in [0, 0.05) is 54.0 Å². The molecule has 216 valence electrons. The van der Waals surface area contributed by atoms with E-state index in [2.05, 4.69) is 15.6 Å². The summed E-state index contributed by atoms with van der Waals surface area (Å²) in [6.07, 6.45) is 3.48. The van der Waals surface area contributed by atoms with E-state index in [4.69, 9.17) is 4.74 Å². The number of rotatable bonds is 6. The molecule has 1 unspecified atom stereocenters. The average molecular weight is 565 g/mol. The Kier molecular flexibility index (Phi) is 7.68. The van der Waals surface area contributed by atoms with Gasteiger partial charge in [0.15, 0.2) is 0 Å². The van der Waals surface area contributed by atoms with Gasteiger partial charge in [-0.05, 0) is 80.8 Å². The van der Waals surface area contributed by atoms with E-state index >= 15 is 0 Å². The largest absolute Gasteiger partial charge is 0.444 e. The molecular formula is C31H34F2N4O4. The quantitative estimate of drug-likeness (QED) is 0.406. The molecule has 2 fully saturated rings. The summed E-state index contributed by atoms with van der Waals surface area (Å²) in [5.74, 6) is -4.84. The van der Waals surface area contributed by atoms with E-state index in [9.17, 15) is 23.2 Å². The van der Waals surface area contributed by atoms with Crippen LogP contribution in [0.2, 0.25) is 0 Å². The van der Waals surface area contributed by atoms with Gasteiger partial charge < -0.3 is 20.3 Å². The zero-order valence-corrected chi connectivity index (χ0v) is 23.3. The third-order valence-corrected chi connectivity index (χ3v) is 7.54. The number of carbonyl (C=O) groups excluding carboxylic acids is 3. The number of carbonyl (C=O) groups is 3. The lowest BCUT2D eigenvalue weighted by atomic mass is 9.92. The summed E-state index contributed by atoms with van der Waals surface area (Å²) in [4.78, 5) is 42.8. The second kappa shape index (κ2) is 11.1. The molecule has 41 heavy (non-hydrogen) atoms. The van der Waals surface area contributed by atoms with Gasteiger partial charge in [-0.3, -0.25) is 14.6 Å². The lowest BCUT2D eigenvalue weighted by Crippen LogP contribution is -2.54. The molecule has 2 heterocycles. The van der Waals surface area contributed by atoms with Gasteiger partial charge >= 0.3 is 6.09 Å². The second-order valence-electron chi connectivity index (χ2n) is 11.9. The summed E-state index contributed by atoms with van der Waals surface area (Å²) >= 11 is 0. The van der Waals surface area contributed by atoms with Gasteiger partial charge in [0.1, 0.15) is 5.60 Å². The van der Waals surface area contributed by atoms with E-state index in [1.165, 1.54) is 0 Å². The number of likely N-dealkylation sites (tertiary alicyclic amines) is 1. The molecule has 1 saturated heterocycles. The van der Waals surface area contributed by atoms with Crippen LogP contribution >= 0.6 is 0 Å². The molecule has 5 rings (SSSR count). The Bertz CT molecular complexity index is 1450. The molecule has 3 atom stereocenters. The van der Waals surface area contributed by atoms with Crippen molar-refractivity contribution in [1.82, 2.24) is 15.2 Å². The highest BCUT2D eigenvalue weighted by Crippen LogP contribution is 2.48. The molecule has 3 aromatic rings. The molecular weight excluding hydrogens is 530 g/mol. The highest BCUT2D eigenvalue weighted by atomic mass is 19.3. The van der Waals surface area contributed by atoms with Crippen molar-refractivity contribution in [2.75, 3.05) is 25.0 Å². The Hall–Kier alpha value is -4.08. The van der Waals surface area contributed by atoms with Crippen molar-refractivity contribution in [3.05, 3.63) is 72.1 Å². The van der Waals surface area contributed by atoms with Crippen LogP contribution in [0.5, 0.6) is 0 Å². The molecule has 1 aliphatic heterocycles. The molecule has 2 aromatic carbocycles. The van der Waals surface area contributed by atoms with Gasteiger partial charge in [-0.1, -0.05) is 18.2 Å². The molecule has 0 bridgehead atoms. The molecule has 2 N–H and O–H groups in total. The summed E-state index contributed by atoms with van der Waals surface area (Å²) < 4.78 is 34.8. The van der Waals surface area contributed by atoms with Crippen LogP contribution in [0.4, 0.5) is 19.3 Å². The number of piperidine rings is 1. The van der Waals surface area contributed by atoms with E-state index in [-0.39, 0.29) is 37.3 Å². The van der Waals surface area contributed by atoms with E-state index in [0.29, 0.717) is 12.0 Å². The first-order valence-corrected chi connectivity index (χ1v) is 13.8. The molecule has 0 spiro atoms. The molecule has 2 aliphatic rings. The number of ether oxygens (including phenoxy) is 1. The topological polar surface area (TPSA) is 101 Å². The zero-order chi connectivity index (χ0) is 29.4. The van der Waals surface area contributed by atoms with Crippen LogP contribution < -0.4 is 10.6 Å². The number of benzene rings is 2. The molecule has 10 heteroatoms. The van der Waals surface area contributed by atoms with Gasteiger partial charge in [0.05, 0.1) is 6.54 Å². The minimum Gasteiger partial charge on any atom is -0.444 e. The molecule has 1 aliphatic carbocycles. The smallest absolute Gasteiger partial charge is 0.410 e. The Morgan fingerprint density at radius 3 is 2.54 bits per heavy atom. The number of hydrogen-bond acceptors (Lipinski definition) is 5. The number of anilines is 1. The van der Waals surface area contributed by atoms with Crippen LogP contribution in [0.1, 0.15) is 55.5 Å². The summed E-state index contributed by atoms with van der Waals surface area (Å²) in [5.41, 5.74) is 1.27. The van der Waals surface area contributed by atoms with E-state index in [0.717, 1.165) is 26.9 Å². The summed E-state index contributed by atoms with van der Waals surface area (Å²) in [6.45, 7) is 4.24. The van der Waals surface area contributed by atoms with Crippen LogP contribution in [0, 0.1) is 11.8 Å². The maximum absolute atomic E-state index is 14.8. The number of nitrogens with zero attached hydrogens (tertiary/aromatic N) is 2. The van der Waals surface area contributed by atoms with Gasteiger partial charge in [-0.25, -0.2) is 13.6 Å². The minimum atomic E-state index is -3.15. The first kappa shape index (κ1) is 28.4. The fraction of sp³-hybridized carbons (Fsp3) is 0.419. The van der Waals surface area contributed by atoms with Crippen molar-refractivity contribution in [1.29, 1.82) is 0 Å². The Morgan fingerprint density at radius 1 is 1.07 bits per heavy atom. The fourth-order valence-corrected chi connectivity index (χ4v) is 5.17. The standard InChI is InChI=1S/C31H34F2N4O4/c1-30(2,3)41-29(40)37-13-11-23(31(32,33)18-37)17-35-27(38)20-6-4-19(5-7-20)25-15-26(25)28(39)36-24-9-8-22-16-34-12-10-21(22)14-24/h4-10,12,14,16,23,25-26H,11,13,15,17-18H2,1-3H3,(H,35,38)(H,36,39)/t23?,25-,26+/m0/s1. The van der Waals surface area contributed by atoms with Crippen LogP contribution in [0.25, 0.3) is 10.8 Å². The van der Waals surface area contributed by atoms with E-state index in [1.807, 2.05) is 36.4 Å². The monoisotopic (exact) mass is 564 g/mol. The number of aromatic nitrogens is 1. The average Bonchev–Trinajstić information content (AvgIpc) is 3.72.